The number of piperidine rings is 1. The molecule has 0 aromatic rings. The van der Waals surface area contributed by atoms with Gasteiger partial charge < -0.3 is 10.6 Å². The maximum Gasteiger partial charge on any atom is 0.223 e. The standard InChI is InChI=1S/C13H24N2O.ClH/c1-2-3-4-7-15-12(16)11-10-13(11)5-8-14-9-6-13;/h11,14H,2-10H2,1H3,(H,15,16);1H. The fourth-order valence-electron chi connectivity index (χ4n) is 2.91. The Kier molecular flexibility index (Phi) is 5.74. The zero-order chi connectivity index (χ0) is 11.4. The third-order valence-corrected chi connectivity index (χ3v) is 4.19. The molecule has 1 heterocycles. The normalized spacial score (nSPS) is 25.1. The molecule has 2 aliphatic rings. The fraction of sp³-hybridized carbons (Fsp3) is 0.923. The summed E-state index contributed by atoms with van der Waals surface area (Å²) < 4.78 is 0. The zero-order valence-corrected chi connectivity index (χ0v) is 11.6. The minimum absolute atomic E-state index is 0. The van der Waals surface area contributed by atoms with Crippen molar-refractivity contribution >= 4 is 18.3 Å². The van der Waals surface area contributed by atoms with Gasteiger partial charge in [0.2, 0.25) is 5.91 Å². The molecule has 2 N–H and O–H groups in total. The molecule has 2 rings (SSSR count). The van der Waals surface area contributed by atoms with Crippen LogP contribution in [0.3, 0.4) is 0 Å². The number of halogens is 1. The number of carbonyl (C=O) groups is 1. The second kappa shape index (κ2) is 6.60. The summed E-state index contributed by atoms with van der Waals surface area (Å²) in [6, 6.07) is 0. The third kappa shape index (κ3) is 3.59. The highest BCUT2D eigenvalue weighted by molar-refractivity contribution is 5.85. The molecule has 100 valence electrons. The summed E-state index contributed by atoms with van der Waals surface area (Å²) in [5, 5.41) is 6.46. The first-order chi connectivity index (χ1) is 7.78. The Bertz CT molecular complexity index is 252. The van der Waals surface area contributed by atoms with E-state index >= 15 is 0 Å². The highest BCUT2D eigenvalue weighted by Crippen LogP contribution is 2.58. The minimum Gasteiger partial charge on any atom is -0.356 e. The van der Waals surface area contributed by atoms with Gasteiger partial charge in [-0.2, -0.15) is 0 Å². The van der Waals surface area contributed by atoms with Gasteiger partial charge >= 0.3 is 0 Å². The van der Waals surface area contributed by atoms with E-state index in [0.29, 0.717) is 17.2 Å². The topological polar surface area (TPSA) is 41.1 Å². The molecule has 4 heteroatoms. The molecule has 2 fully saturated rings. The molecule has 0 aromatic heterocycles. The van der Waals surface area contributed by atoms with Gasteiger partial charge in [0.1, 0.15) is 0 Å². The molecule has 1 aliphatic heterocycles. The maximum atomic E-state index is 11.9. The van der Waals surface area contributed by atoms with Crippen molar-refractivity contribution in [3.8, 4) is 0 Å². The molecule has 17 heavy (non-hydrogen) atoms. The van der Waals surface area contributed by atoms with Crippen molar-refractivity contribution < 1.29 is 4.79 Å². The van der Waals surface area contributed by atoms with E-state index in [9.17, 15) is 4.79 Å². The van der Waals surface area contributed by atoms with Crippen LogP contribution >= 0.6 is 12.4 Å². The Hall–Kier alpha value is -0.280. The number of hydrogen-bond acceptors (Lipinski definition) is 2. The van der Waals surface area contributed by atoms with Crippen LogP contribution in [0.15, 0.2) is 0 Å². The van der Waals surface area contributed by atoms with E-state index in [-0.39, 0.29) is 12.4 Å². The van der Waals surface area contributed by atoms with Crippen molar-refractivity contribution in [2.24, 2.45) is 11.3 Å². The van der Waals surface area contributed by atoms with Crippen LogP contribution in [0.25, 0.3) is 0 Å². The van der Waals surface area contributed by atoms with Gasteiger partial charge in [-0.25, -0.2) is 0 Å². The first-order valence-corrected chi connectivity index (χ1v) is 6.77. The number of amides is 1. The summed E-state index contributed by atoms with van der Waals surface area (Å²) in [5.74, 6) is 0.647. The largest absolute Gasteiger partial charge is 0.356 e. The van der Waals surface area contributed by atoms with Crippen LogP contribution in [-0.4, -0.2) is 25.5 Å². The van der Waals surface area contributed by atoms with Gasteiger partial charge in [0, 0.05) is 12.5 Å². The van der Waals surface area contributed by atoms with Crippen LogP contribution < -0.4 is 10.6 Å². The molecular formula is C13H25ClN2O. The van der Waals surface area contributed by atoms with E-state index in [2.05, 4.69) is 17.6 Å². The van der Waals surface area contributed by atoms with Crippen LogP contribution in [0.1, 0.15) is 45.4 Å². The monoisotopic (exact) mass is 260 g/mol. The van der Waals surface area contributed by atoms with Gasteiger partial charge in [0.05, 0.1) is 0 Å². The lowest BCUT2D eigenvalue weighted by Crippen LogP contribution is -2.34. The van der Waals surface area contributed by atoms with E-state index in [4.69, 9.17) is 0 Å². The van der Waals surface area contributed by atoms with Gasteiger partial charge in [0.15, 0.2) is 0 Å². The Morgan fingerprint density at radius 1 is 1.35 bits per heavy atom. The van der Waals surface area contributed by atoms with Gasteiger partial charge in [-0.3, -0.25) is 4.79 Å². The second-order valence-corrected chi connectivity index (χ2v) is 5.37. The van der Waals surface area contributed by atoms with E-state index in [1.807, 2.05) is 0 Å². The van der Waals surface area contributed by atoms with Crippen molar-refractivity contribution in [2.75, 3.05) is 19.6 Å². The summed E-state index contributed by atoms with van der Waals surface area (Å²) in [6.07, 6.45) is 7.09. The number of rotatable bonds is 5. The molecule has 0 radical (unpaired) electrons. The lowest BCUT2D eigenvalue weighted by atomic mass is 9.92. The molecule has 0 bridgehead atoms. The van der Waals surface area contributed by atoms with Crippen molar-refractivity contribution in [3.63, 3.8) is 0 Å². The fourth-order valence-corrected chi connectivity index (χ4v) is 2.91. The second-order valence-electron chi connectivity index (χ2n) is 5.37. The van der Waals surface area contributed by atoms with E-state index in [1.54, 1.807) is 0 Å². The summed E-state index contributed by atoms with van der Waals surface area (Å²) >= 11 is 0. The summed E-state index contributed by atoms with van der Waals surface area (Å²) in [4.78, 5) is 11.9. The third-order valence-electron chi connectivity index (χ3n) is 4.19. The first-order valence-electron chi connectivity index (χ1n) is 6.77. The quantitative estimate of drug-likeness (QED) is 0.744. The molecule has 1 saturated carbocycles. The molecule has 1 aliphatic carbocycles. The zero-order valence-electron chi connectivity index (χ0n) is 10.8. The van der Waals surface area contributed by atoms with E-state index in [1.165, 1.54) is 25.7 Å². The van der Waals surface area contributed by atoms with Crippen LogP contribution in [0, 0.1) is 11.3 Å². The summed E-state index contributed by atoms with van der Waals surface area (Å²) in [7, 11) is 0. The predicted octanol–water partition coefficient (Wildman–Crippen LogP) is 2.10. The highest BCUT2D eigenvalue weighted by atomic mass is 35.5. The van der Waals surface area contributed by atoms with Gasteiger partial charge in [-0.1, -0.05) is 19.8 Å². The Morgan fingerprint density at radius 3 is 2.71 bits per heavy atom. The van der Waals surface area contributed by atoms with Crippen LogP contribution in [0.5, 0.6) is 0 Å². The molecule has 1 unspecified atom stereocenters. The van der Waals surface area contributed by atoms with Crippen LogP contribution in [-0.2, 0) is 4.79 Å². The summed E-state index contributed by atoms with van der Waals surface area (Å²) in [5.41, 5.74) is 0.389. The number of unbranched alkanes of at least 4 members (excludes halogenated alkanes) is 2. The lowest BCUT2D eigenvalue weighted by Gasteiger charge is -2.23. The maximum absolute atomic E-state index is 11.9. The number of nitrogens with one attached hydrogen (secondary N) is 2. The SMILES string of the molecule is CCCCCNC(=O)C1CC12CCNCC2.Cl. The lowest BCUT2D eigenvalue weighted by molar-refractivity contribution is -0.123. The first kappa shape index (κ1) is 14.8. The van der Waals surface area contributed by atoms with Gasteiger partial charge in [-0.05, 0) is 44.2 Å². The van der Waals surface area contributed by atoms with Crippen molar-refractivity contribution in [2.45, 2.75) is 45.4 Å². The summed E-state index contributed by atoms with van der Waals surface area (Å²) in [6.45, 7) is 5.25. The van der Waals surface area contributed by atoms with Crippen LogP contribution in [0.4, 0.5) is 0 Å². The average molecular weight is 261 g/mol. The molecule has 3 nitrogen and oxygen atoms in total. The Balaban J connectivity index is 0.00000144. The molecule has 1 spiro atoms. The molecular weight excluding hydrogens is 236 g/mol. The molecule has 0 aromatic carbocycles. The number of hydrogen-bond donors (Lipinski definition) is 2. The van der Waals surface area contributed by atoms with Gasteiger partial charge in [-0.15, -0.1) is 12.4 Å². The van der Waals surface area contributed by atoms with Crippen molar-refractivity contribution in [1.82, 2.24) is 10.6 Å². The number of carbonyl (C=O) groups excluding carboxylic acids is 1. The van der Waals surface area contributed by atoms with Gasteiger partial charge in [0.25, 0.3) is 0 Å². The van der Waals surface area contributed by atoms with E-state index < -0.39 is 0 Å². The highest BCUT2D eigenvalue weighted by Gasteiger charge is 2.57. The van der Waals surface area contributed by atoms with E-state index in [0.717, 1.165) is 32.5 Å². The Labute approximate surface area is 111 Å². The molecule has 1 atom stereocenters. The van der Waals surface area contributed by atoms with Crippen LogP contribution in [0.2, 0.25) is 0 Å². The Morgan fingerprint density at radius 2 is 2.06 bits per heavy atom. The molecule has 1 amide bonds. The predicted molar refractivity (Wildman–Crippen MR) is 72.4 cm³/mol. The van der Waals surface area contributed by atoms with Crippen molar-refractivity contribution in [1.29, 1.82) is 0 Å². The average Bonchev–Trinajstić information content (AvgIpc) is 2.99. The molecule has 1 saturated heterocycles. The van der Waals surface area contributed by atoms with Crippen molar-refractivity contribution in [3.05, 3.63) is 0 Å². The minimum atomic E-state index is 0. The smallest absolute Gasteiger partial charge is 0.223 e.